The fourth-order valence-corrected chi connectivity index (χ4v) is 3.94. The number of amides is 1. The van der Waals surface area contributed by atoms with Crippen molar-refractivity contribution in [1.29, 1.82) is 0 Å². The van der Waals surface area contributed by atoms with Crippen LogP contribution in [0.3, 0.4) is 0 Å². The van der Waals surface area contributed by atoms with Crippen molar-refractivity contribution in [3.05, 3.63) is 34.7 Å². The van der Waals surface area contributed by atoms with Gasteiger partial charge in [0.15, 0.2) is 11.6 Å². The molecule has 1 N–H and O–H groups in total. The van der Waals surface area contributed by atoms with Crippen LogP contribution in [-0.2, 0) is 0 Å². The van der Waals surface area contributed by atoms with Crippen LogP contribution in [0.25, 0.3) is 11.6 Å². The molecular formula is C16H15N5O2S2. The number of carbonyl (C=O) groups excluding carboxylic acids is 1. The topological polar surface area (TPSA) is 93.8 Å². The zero-order chi connectivity index (χ0) is 17.4. The van der Waals surface area contributed by atoms with E-state index in [0.29, 0.717) is 38.9 Å². The first-order valence-electron chi connectivity index (χ1n) is 7.77. The van der Waals surface area contributed by atoms with E-state index < -0.39 is 0 Å². The summed E-state index contributed by atoms with van der Waals surface area (Å²) in [6.07, 6.45) is 5.75. The molecule has 1 amide bonds. The Morgan fingerprint density at radius 3 is 2.88 bits per heavy atom. The van der Waals surface area contributed by atoms with Crippen molar-refractivity contribution in [2.45, 2.75) is 30.7 Å². The Hall–Kier alpha value is -2.26. The SMILES string of the molecule is CSc1nc(-c2ccco2)nc(C)c1C(=O)Nc1nnc(C2CC2)s1. The number of aryl methyl sites for hydroxylation is 1. The zero-order valence-electron chi connectivity index (χ0n) is 13.6. The van der Waals surface area contributed by atoms with Crippen molar-refractivity contribution in [2.24, 2.45) is 0 Å². The van der Waals surface area contributed by atoms with Crippen molar-refractivity contribution in [1.82, 2.24) is 20.2 Å². The number of furan rings is 1. The number of carbonyl (C=O) groups is 1. The molecule has 4 rings (SSSR count). The summed E-state index contributed by atoms with van der Waals surface area (Å²) in [6, 6.07) is 3.57. The highest BCUT2D eigenvalue weighted by Gasteiger charge is 2.28. The Bertz CT molecular complexity index is 919. The van der Waals surface area contributed by atoms with E-state index in [0.717, 1.165) is 17.8 Å². The third-order valence-electron chi connectivity index (χ3n) is 3.81. The number of hydrogen-bond donors (Lipinski definition) is 1. The normalized spacial score (nSPS) is 13.8. The third kappa shape index (κ3) is 3.29. The predicted octanol–water partition coefficient (Wildman–Crippen LogP) is 3.75. The van der Waals surface area contributed by atoms with Gasteiger partial charge >= 0.3 is 0 Å². The number of aromatic nitrogens is 4. The van der Waals surface area contributed by atoms with Crippen LogP contribution in [0.2, 0.25) is 0 Å². The van der Waals surface area contributed by atoms with Crippen molar-refractivity contribution >= 4 is 34.1 Å². The van der Waals surface area contributed by atoms with Gasteiger partial charge in [-0.2, -0.15) is 0 Å². The molecule has 0 saturated heterocycles. The van der Waals surface area contributed by atoms with Crippen LogP contribution in [-0.4, -0.2) is 32.3 Å². The Kier molecular flexibility index (Phi) is 4.26. The molecular weight excluding hydrogens is 358 g/mol. The minimum absolute atomic E-state index is 0.272. The molecule has 0 aromatic carbocycles. The highest BCUT2D eigenvalue weighted by Crippen LogP contribution is 2.42. The van der Waals surface area contributed by atoms with Gasteiger partial charge in [0.25, 0.3) is 5.91 Å². The van der Waals surface area contributed by atoms with Gasteiger partial charge in [0.05, 0.1) is 17.5 Å². The predicted molar refractivity (Wildman–Crippen MR) is 96.1 cm³/mol. The molecule has 3 aromatic rings. The van der Waals surface area contributed by atoms with Gasteiger partial charge in [0.1, 0.15) is 10.0 Å². The summed E-state index contributed by atoms with van der Waals surface area (Å²) >= 11 is 2.82. The molecule has 7 nitrogen and oxygen atoms in total. The molecule has 25 heavy (non-hydrogen) atoms. The fraction of sp³-hybridized carbons (Fsp3) is 0.312. The molecule has 1 saturated carbocycles. The van der Waals surface area contributed by atoms with Crippen LogP contribution >= 0.6 is 23.1 Å². The first kappa shape index (κ1) is 16.2. The Morgan fingerprint density at radius 1 is 1.36 bits per heavy atom. The van der Waals surface area contributed by atoms with Crippen LogP contribution < -0.4 is 5.32 Å². The zero-order valence-corrected chi connectivity index (χ0v) is 15.3. The summed E-state index contributed by atoms with van der Waals surface area (Å²) in [5.41, 5.74) is 1.04. The van der Waals surface area contributed by atoms with Gasteiger partial charge in [-0.05, 0) is 38.2 Å². The van der Waals surface area contributed by atoms with Crippen LogP contribution in [0.4, 0.5) is 5.13 Å². The molecule has 0 radical (unpaired) electrons. The van der Waals surface area contributed by atoms with E-state index in [9.17, 15) is 4.79 Å². The molecule has 3 aromatic heterocycles. The second kappa shape index (κ2) is 6.57. The quantitative estimate of drug-likeness (QED) is 0.538. The number of anilines is 1. The van der Waals surface area contributed by atoms with Crippen molar-refractivity contribution < 1.29 is 9.21 Å². The van der Waals surface area contributed by atoms with Gasteiger partial charge in [-0.25, -0.2) is 9.97 Å². The van der Waals surface area contributed by atoms with Crippen LogP contribution in [0.5, 0.6) is 0 Å². The highest BCUT2D eigenvalue weighted by molar-refractivity contribution is 7.98. The second-order valence-electron chi connectivity index (χ2n) is 5.67. The average Bonchev–Trinajstić information content (AvgIpc) is 3.10. The minimum atomic E-state index is -0.272. The highest BCUT2D eigenvalue weighted by atomic mass is 32.2. The van der Waals surface area contributed by atoms with Crippen LogP contribution in [0.15, 0.2) is 27.8 Å². The van der Waals surface area contributed by atoms with Gasteiger partial charge in [-0.3, -0.25) is 10.1 Å². The largest absolute Gasteiger partial charge is 0.461 e. The lowest BCUT2D eigenvalue weighted by Crippen LogP contribution is -2.16. The monoisotopic (exact) mass is 373 g/mol. The molecule has 9 heteroatoms. The van der Waals surface area contributed by atoms with Crippen molar-refractivity contribution in [3.63, 3.8) is 0 Å². The molecule has 1 aliphatic carbocycles. The lowest BCUT2D eigenvalue weighted by Gasteiger charge is -2.10. The van der Waals surface area contributed by atoms with Crippen molar-refractivity contribution in [3.8, 4) is 11.6 Å². The summed E-state index contributed by atoms with van der Waals surface area (Å²) in [4.78, 5) is 21.6. The lowest BCUT2D eigenvalue weighted by molar-refractivity contribution is 0.102. The molecule has 1 fully saturated rings. The maximum absolute atomic E-state index is 12.7. The number of rotatable bonds is 5. The first-order chi connectivity index (χ1) is 12.2. The maximum Gasteiger partial charge on any atom is 0.262 e. The van der Waals surface area contributed by atoms with Gasteiger partial charge in [0.2, 0.25) is 5.13 Å². The van der Waals surface area contributed by atoms with Crippen LogP contribution in [0, 0.1) is 6.92 Å². The third-order valence-corrected chi connectivity index (χ3v) is 5.49. The van der Waals surface area contributed by atoms with E-state index >= 15 is 0 Å². The van der Waals surface area contributed by atoms with Crippen molar-refractivity contribution in [2.75, 3.05) is 11.6 Å². The lowest BCUT2D eigenvalue weighted by atomic mass is 10.2. The number of nitrogens with one attached hydrogen (secondary N) is 1. The number of hydrogen-bond acceptors (Lipinski definition) is 8. The van der Waals surface area contributed by atoms with E-state index in [1.54, 1.807) is 25.3 Å². The molecule has 3 heterocycles. The summed E-state index contributed by atoms with van der Waals surface area (Å²) in [7, 11) is 0. The van der Waals surface area contributed by atoms with Gasteiger partial charge in [-0.1, -0.05) is 11.3 Å². The van der Waals surface area contributed by atoms with Gasteiger partial charge < -0.3 is 4.42 Å². The second-order valence-corrected chi connectivity index (χ2v) is 7.47. The fourth-order valence-electron chi connectivity index (χ4n) is 2.41. The van der Waals surface area contributed by atoms with E-state index in [4.69, 9.17) is 4.42 Å². The Morgan fingerprint density at radius 2 is 2.20 bits per heavy atom. The molecule has 1 aliphatic rings. The molecule has 128 valence electrons. The van der Waals surface area contributed by atoms with E-state index in [1.807, 2.05) is 6.26 Å². The van der Waals surface area contributed by atoms with Crippen LogP contribution in [0.1, 0.15) is 39.8 Å². The summed E-state index contributed by atoms with van der Waals surface area (Å²) < 4.78 is 5.35. The smallest absolute Gasteiger partial charge is 0.262 e. The van der Waals surface area contributed by atoms with Gasteiger partial charge in [-0.15, -0.1) is 22.0 Å². The molecule has 0 aliphatic heterocycles. The first-order valence-corrected chi connectivity index (χ1v) is 9.81. The Labute approximate surface area is 152 Å². The number of thioether (sulfide) groups is 1. The molecule has 0 spiro atoms. The molecule has 0 atom stereocenters. The molecule has 0 unspecified atom stereocenters. The Balaban J connectivity index is 1.62. The van der Waals surface area contributed by atoms with E-state index in [2.05, 4.69) is 25.5 Å². The molecule has 0 bridgehead atoms. The standard InChI is InChI=1S/C16H15N5O2S2/c1-8-11(13(22)19-16-21-20-14(25-16)9-5-6-9)15(24-2)18-12(17-8)10-4-3-7-23-10/h3-4,7,9H,5-6H2,1-2H3,(H,19,21,22). The minimum Gasteiger partial charge on any atom is -0.461 e. The van der Waals surface area contributed by atoms with Gasteiger partial charge in [0, 0.05) is 5.92 Å². The van der Waals surface area contributed by atoms with E-state index in [1.165, 1.54) is 23.1 Å². The maximum atomic E-state index is 12.7. The van der Waals surface area contributed by atoms with E-state index in [-0.39, 0.29) is 5.91 Å². The summed E-state index contributed by atoms with van der Waals surface area (Å²) in [6.45, 7) is 1.79. The average molecular weight is 373 g/mol. The number of nitrogens with zero attached hydrogens (tertiary/aromatic N) is 4. The summed E-state index contributed by atoms with van der Waals surface area (Å²) in [5.74, 6) is 1.28. The summed E-state index contributed by atoms with van der Waals surface area (Å²) in [5, 5.41) is 13.1.